The average Bonchev–Trinajstić information content (AvgIpc) is 3.00. The summed E-state index contributed by atoms with van der Waals surface area (Å²) in [6.45, 7) is 7.48. The molecule has 1 heterocycles. The van der Waals surface area contributed by atoms with Crippen LogP contribution in [0.5, 0.6) is 0 Å². The molecular weight excluding hydrogens is 318 g/mol. The van der Waals surface area contributed by atoms with Gasteiger partial charge in [-0.25, -0.2) is 9.78 Å². The quantitative estimate of drug-likeness (QED) is 0.314. The van der Waals surface area contributed by atoms with Gasteiger partial charge in [0, 0.05) is 31.0 Å². The molecule has 2 aromatic rings. The van der Waals surface area contributed by atoms with Gasteiger partial charge in [-0.2, -0.15) is 0 Å². The lowest BCUT2D eigenvalue weighted by atomic mass is 10.0. The van der Waals surface area contributed by atoms with E-state index >= 15 is 0 Å². The second kappa shape index (κ2) is 8.46. The molecule has 0 spiro atoms. The van der Waals surface area contributed by atoms with Gasteiger partial charge in [-0.1, -0.05) is 13.5 Å². The molecule has 0 unspecified atom stereocenters. The van der Waals surface area contributed by atoms with Gasteiger partial charge in [-0.05, 0) is 31.9 Å². The van der Waals surface area contributed by atoms with Gasteiger partial charge in [0.05, 0.1) is 17.8 Å². The van der Waals surface area contributed by atoms with Gasteiger partial charge in [-0.15, -0.1) is 0 Å². The number of carbonyl (C=O) groups is 2. The number of rotatable bonds is 9. The van der Waals surface area contributed by atoms with Crippen molar-refractivity contribution >= 4 is 28.5 Å². The lowest BCUT2D eigenvalue weighted by Gasteiger charge is -2.08. The highest BCUT2D eigenvalue weighted by Gasteiger charge is 2.16. The first kappa shape index (κ1) is 18.7. The van der Waals surface area contributed by atoms with Crippen molar-refractivity contribution in [3.05, 3.63) is 35.7 Å². The zero-order valence-corrected chi connectivity index (χ0v) is 15.1. The number of anilines is 1. The number of H-pyrrole nitrogens is 1. The molecule has 0 saturated carbocycles. The second-order valence-electron chi connectivity index (χ2n) is 6.01. The Morgan fingerprint density at radius 3 is 2.76 bits per heavy atom. The number of fused-ring (bicyclic) bond motifs is 1. The number of hydrogen-bond acceptors (Lipinski definition) is 5. The number of ketones is 1. The van der Waals surface area contributed by atoms with E-state index < -0.39 is 0 Å². The van der Waals surface area contributed by atoms with Crippen LogP contribution in [0, 0.1) is 0 Å². The van der Waals surface area contributed by atoms with E-state index in [0.29, 0.717) is 37.0 Å². The van der Waals surface area contributed by atoms with Crippen LogP contribution in [0.15, 0.2) is 24.3 Å². The molecule has 0 aliphatic carbocycles. The van der Waals surface area contributed by atoms with Crippen molar-refractivity contribution < 1.29 is 14.3 Å². The summed E-state index contributed by atoms with van der Waals surface area (Å²) in [5, 5.41) is 3.10. The molecule has 0 radical (unpaired) electrons. The molecule has 0 aliphatic rings. The average molecular weight is 343 g/mol. The van der Waals surface area contributed by atoms with Gasteiger partial charge >= 0.3 is 5.97 Å². The van der Waals surface area contributed by atoms with Crippen LogP contribution in [0.3, 0.4) is 0 Å². The van der Waals surface area contributed by atoms with E-state index in [2.05, 4.69) is 21.9 Å². The van der Waals surface area contributed by atoms with Crippen LogP contribution in [0.25, 0.3) is 11.0 Å². The summed E-state index contributed by atoms with van der Waals surface area (Å²) < 4.78 is 5.08. The minimum absolute atomic E-state index is 0.116. The van der Waals surface area contributed by atoms with Crippen LogP contribution in [-0.2, 0) is 16.0 Å². The maximum Gasteiger partial charge on any atom is 0.333 e. The molecular formula is C19H25N3O3. The molecule has 2 rings (SSSR count). The number of aromatic nitrogens is 2. The summed E-state index contributed by atoms with van der Waals surface area (Å²) in [6, 6.07) is 3.72. The molecule has 6 nitrogen and oxygen atoms in total. The molecule has 0 fully saturated rings. The lowest BCUT2D eigenvalue weighted by Crippen LogP contribution is -2.07. The van der Waals surface area contributed by atoms with Gasteiger partial charge in [0.25, 0.3) is 0 Å². The largest absolute Gasteiger partial charge is 0.462 e. The molecule has 134 valence electrons. The minimum Gasteiger partial charge on any atom is -0.462 e. The van der Waals surface area contributed by atoms with E-state index in [1.54, 1.807) is 14.0 Å². The van der Waals surface area contributed by atoms with E-state index in [1.807, 2.05) is 19.1 Å². The molecule has 0 amide bonds. The van der Waals surface area contributed by atoms with Crippen LogP contribution in [-0.4, -0.2) is 35.4 Å². The molecule has 1 aromatic carbocycles. The normalized spacial score (nSPS) is 10.7. The highest BCUT2D eigenvalue weighted by molar-refractivity contribution is 6.07. The predicted molar refractivity (Wildman–Crippen MR) is 99.0 cm³/mol. The van der Waals surface area contributed by atoms with Crippen molar-refractivity contribution in [1.82, 2.24) is 9.97 Å². The number of imidazole rings is 1. The number of Topliss-reactive ketones (excluding diaryl/α,β-unsaturated/α-hetero) is 1. The maximum atomic E-state index is 12.3. The number of aromatic amines is 1. The van der Waals surface area contributed by atoms with Crippen molar-refractivity contribution in [2.75, 3.05) is 19.0 Å². The fourth-order valence-corrected chi connectivity index (χ4v) is 2.62. The van der Waals surface area contributed by atoms with E-state index in [1.165, 1.54) is 0 Å². The Hall–Kier alpha value is -2.63. The molecule has 0 bridgehead atoms. The zero-order chi connectivity index (χ0) is 18.4. The van der Waals surface area contributed by atoms with Crippen molar-refractivity contribution in [2.24, 2.45) is 0 Å². The third-order valence-corrected chi connectivity index (χ3v) is 3.87. The van der Waals surface area contributed by atoms with Crippen LogP contribution in [0.1, 0.15) is 49.3 Å². The van der Waals surface area contributed by atoms with Crippen LogP contribution < -0.4 is 5.32 Å². The van der Waals surface area contributed by atoms with Crippen molar-refractivity contribution in [1.29, 1.82) is 0 Å². The van der Waals surface area contributed by atoms with Gasteiger partial charge in [-0.3, -0.25) is 4.79 Å². The van der Waals surface area contributed by atoms with Crippen LogP contribution in [0.2, 0.25) is 0 Å². The summed E-state index contributed by atoms with van der Waals surface area (Å²) in [7, 11) is 1.79. The zero-order valence-electron chi connectivity index (χ0n) is 15.1. The van der Waals surface area contributed by atoms with Crippen LogP contribution >= 0.6 is 0 Å². The summed E-state index contributed by atoms with van der Waals surface area (Å²) in [5.41, 5.74) is 3.47. The van der Waals surface area contributed by atoms with E-state index in [-0.39, 0.29) is 11.8 Å². The topological polar surface area (TPSA) is 84.1 Å². The SMILES string of the molecule is C=C(C)C(=O)OCCCc1nc2c(NC)c(C(=O)CCC)ccc2[nH]1. The fraction of sp³-hybridized carbons (Fsp3) is 0.421. The monoisotopic (exact) mass is 343 g/mol. The van der Waals surface area contributed by atoms with Crippen LogP contribution in [0.4, 0.5) is 5.69 Å². The van der Waals surface area contributed by atoms with Gasteiger partial charge in [0.1, 0.15) is 11.3 Å². The molecule has 0 atom stereocenters. The Morgan fingerprint density at radius 2 is 2.12 bits per heavy atom. The van der Waals surface area contributed by atoms with E-state index in [4.69, 9.17) is 4.74 Å². The Kier molecular flexibility index (Phi) is 6.33. The summed E-state index contributed by atoms with van der Waals surface area (Å²) in [5.74, 6) is 0.545. The second-order valence-corrected chi connectivity index (χ2v) is 6.01. The number of esters is 1. The van der Waals surface area contributed by atoms with E-state index in [9.17, 15) is 9.59 Å². The van der Waals surface area contributed by atoms with E-state index in [0.717, 1.165) is 29.0 Å². The molecule has 25 heavy (non-hydrogen) atoms. The molecule has 0 aliphatic heterocycles. The summed E-state index contributed by atoms with van der Waals surface area (Å²) in [6.07, 6.45) is 2.65. The Bertz CT molecular complexity index is 793. The fourth-order valence-electron chi connectivity index (χ4n) is 2.62. The number of nitrogens with one attached hydrogen (secondary N) is 2. The number of benzene rings is 1. The Balaban J connectivity index is 2.12. The third-order valence-electron chi connectivity index (χ3n) is 3.87. The summed E-state index contributed by atoms with van der Waals surface area (Å²) in [4.78, 5) is 31.5. The Labute approximate surface area is 147 Å². The maximum absolute atomic E-state index is 12.3. The number of ether oxygens (including phenoxy) is 1. The molecule has 6 heteroatoms. The number of nitrogens with zero attached hydrogens (tertiary/aromatic N) is 1. The minimum atomic E-state index is -0.374. The number of aryl methyl sites for hydroxylation is 1. The highest BCUT2D eigenvalue weighted by Crippen LogP contribution is 2.27. The highest BCUT2D eigenvalue weighted by atomic mass is 16.5. The Morgan fingerprint density at radius 1 is 1.36 bits per heavy atom. The molecule has 2 N–H and O–H groups in total. The lowest BCUT2D eigenvalue weighted by molar-refractivity contribution is -0.139. The van der Waals surface area contributed by atoms with Gasteiger partial charge in [0.15, 0.2) is 5.78 Å². The van der Waals surface area contributed by atoms with Crippen molar-refractivity contribution in [3.8, 4) is 0 Å². The van der Waals surface area contributed by atoms with Crippen molar-refractivity contribution in [3.63, 3.8) is 0 Å². The summed E-state index contributed by atoms with van der Waals surface area (Å²) >= 11 is 0. The standard InChI is InChI=1S/C19H25N3O3/c1-5-7-15(23)13-9-10-14-18(17(13)20-4)22-16(21-14)8-6-11-25-19(24)12(2)3/h9-10,20H,2,5-8,11H2,1,3-4H3,(H,21,22). The van der Waals surface area contributed by atoms with Crippen molar-refractivity contribution in [2.45, 2.75) is 39.5 Å². The third kappa shape index (κ3) is 4.47. The van der Waals surface area contributed by atoms with Gasteiger partial charge < -0.3 is 15.0 Å². The first-order valence-electron chi connectivity index (χ1n) is 8.53. The number of carbonyl (C=O) groups excluding carboxylic acids is 2. The smallest absolute Gasteiger partial charge is 0.333 e. The molecule has 1 aromatic heterocycles. The first-order chi connectivity index (χ1) is 12.0. The predicted octanol–water partition coefficient (Wildman–Crippen LogP) is 3.64. The molecule has 0 saturated heterocycles. The first-order valence-corrected chi connectivity index (χ1v) is 8.53. The number of hydrogen-bond donors (Lipinski definition) is 2. The van der Waals surface area contributed by atoms with Gasteiger partial charge in [0.2, 0.25) is 0 Å².